The number of aliphatic hydroxyl groups excluding tert-OH is 1. The number of alkyl halides is 2. The van der Waals surface area contributed by atoms with Crippen LogP contribution < -0.4 is 15.0 Å². The minimum Gasteiger partial charge on any atom is -0.512 e. The largest absolute Gasteiger partial charge is 0.512 e. The van der Waals surface area contributed by atoms with Crippen LogP contribution in [0, 0.1) is 35.9 Å². The van der Waals surface area contributed by atoms with Gasteiger partial charge in [0.25, 0.3) is 5.92 Å². The van der Waals surface area contributed by atoms with Gasteiger partial charge in [0.1, 0.15) is 11.3 Å². The number of ether oxygens (including phenoxy) is 1. The van der Waals surface area contributed by atoms with Crippen LogP contribution in [0.2, 0.25) is 5.02 Å². The Kier molecular flexibility index (Phi) is 7.45. The first-order chi connectivity index (χ1) is 24.0. The zero-order valence-corrected chi connectivity index (χ0v) is 28.9. The molecule has 2 saturated carbocycles. The Labute approximate surface area is 295 Å². The average molecular weight is 704 g/mol. The Bertz CT molecular complexity index is 1970. The number of nitrogens with one attached hydrogen (secondary N) is 1. The lowest BCUT2D eigenvalue weighted by Gasteiger charge is -2.35. The van der Waals surface area contributed by atoms with Crippen molar-refractivity contribution in [1.82, 2.24) is 20.2 Å². The number of likely N-dealkylation sites (tertiary alicyclic amines) is 1. The molecular formula is C39H41ClF3N5O2. The standard InChI is InChI=1S/C39H41ClF3N5O2/c1-3-27-22(2)4-5-23-14-26(49)15-28(31(23)27)32-30(40)16-29-34(33(32)41)45-36(46-35(29)48-17-24-6-7-25(18-48)44-24)50-21-37(8-9-37)20-47-12-10-38(11-13-47)19-39(38,42)43/h1,4-5,14,16,24-25,28,44,49H,6-13,15,17-21H2,2H3. The molecule has 0 amide bonds. The fourth-order valence-electron chi connectivity index (χ4n) is 9.28. The van der Waals surface area contributed by atoms with Crippen LogP contribution in [0.1, 0.15) is 85.1 Å². The minimum atomic E-state index is -2.51. The summed E-state index contributed by atoms with van der Waals surface area (Å²) in [5, 5.41) is 15.2. The van der Waals surface area contributed by atoms with Gasteiger partial charge in [-0.2, -0.15) is 9.97 Å². The lowest BCUT2D eigenvalue weighted by atomic mass is 9.77. The third kappa shape index (κ3) is 5.34. The first-order valence-electron chi connectivity index (χ1n) is 17.9. The monoisotopic (exact) mass is 703 g/mol. The van der Waals surface area contributed by atoms with Gasteiger partial charge in [0, 0.05) is 82.8 Å². The second-order valence-electron chi connectivity index (χ2n) is 15.9. The number of hydrogen-bond acceptors (Lipinski definition) is 7. The molecule has 2 bridgehead atoms. The molecular weight excluding hydrogens is 663 g/mol. The van der Waals surface area contributed by atoms with Gasteiger partial charge < -0.3 is 25.0 Å². The number of piperidine rings is 1. The van der Waals surface area contributed by atoms with Gasteiger partial charge in [-0.25, -0.2) is 13.2 Å². The molecule has 3 saturated heterocycles. The number of allylic oxidation sites excluding steroid dienone is 1. The summed E-state index contributed by atoms with van der Waals surface area (Å²) < 4.78 is 51.6. The molecule has 3 unspecified atom stereocenters. The summed E-state index contributed by atoms with van der Waals surface area (Å²) in [4.78, 5) is 14.1. The smallest absolute Gasteiger partial charge is 0.319 e. The van der Waals surface area contributed by atoms with Crippen molar-refractivity contribution in [2.45, 2.75) is 82.2 Å². The average Bonchev–Trinajstić information content (AvgIpc) is 3.93. The lowest BCUT2D eigenvalue weighted by Crippen LogP contribution is -2.51. The SMILES string of the molecule is C#Cc1c(C)ccc2c1C(c1c(Cl)cc3c(N4CC5CCC(C4)N5)nc(OCC4(CN5CCC6(CC5)CC6(F)F)CC4)nc3c1F)CC(O)=C2. The zero-order chi connectivity index (χ0) is 34.6. The highest BCUT2D eigenvalue weighted by Gasteiger charge is 2.70. The maximum atomic E-state index is 17.2. The number of aromatic nitrogens is 2. The Balaban J connectivity index is 1.06. The number of benzene rings is 2. The molecule has 3 aromatic rings. The van der Waals surface area contributed by atoms with Crippen LogP contribution in [0.3, 0.4) is 0 Å². The second kappa shape index (κ2) is 11.5. The lowest BCUT2D eigenvalue weighted by molar-refractivity contribution is 0.0252. The number of anilines is 1. The van der Waals surface area contributed by atoms with Crippen molar-refractivity contribution in [3.8, 4) is 18.4 Å². The number of aliphatic hydroxyl groups is 1. The van der Waals surface area contributed by atoms with Crippen molar-refractivity contribution in [1.29, 1.82) is 0 Å². The molecule has 1 spiro atoms. The number of halogens is 4. The Morgan fingerprint density at radius 1 is 1.10 bits per heavy atom. The third-order valence-electron chi connectivity index (χ3n) is 12.5. The van der Waals surface area contributed by atoms with Crippen molar-refractivity contribution in [3.05, 3.63) is 62.6 Å². The predicted octanol–water partition coefficient (Wildman–Crippen LogP) is 7.37. The molecule has 3 aliphatic carbocycles. The van der Waals surface area contributed by atoms with Gasteiger partial charge in [0.05, 0.1) is 12.4 Å². The van der Waals surface area contributed by atoms with E-state index >= 15 is 4.39 Å². The van der Waals surface area contributed by atoms with Crippen molar-refractivity contribution in [3.63, 3.8) is 0 Å². The molecule has 5 fully saturated rings. The molecule has 50 heavy (non-hydrogen) atoms. The fraction of sp³-hybridized carbons (Fsp3) is 0.538. The first-order valence-corrected chi connectivity index (χ1v) is 18.3. The molecule has 4 heterocycles. The van der Waals surface area contributed by atoms with E-state index in [1.807, 2.05) is 19.1 Å². The van der Waals surface area contributed by atoms with E-state index < -0.39 is 23.1 Å². The van der Waals surface area contributed by atoms with Gasteiger partial charge in [0.15, 0.2) is 5.82 Å². The summed E-state index contributed by atoms with van der Waals surface area (Å²) in [6.45, 7) is 5.86. The van der Waals surface area contributed by atoms with Crippen LogP contribution in [-0.2, 0) is 0 Å². The van der Waals surface area contributed by atoms with Crippen LogP contribution >= 0.6 is 11.6 Å². The second-order valence-corrected chi connectivity index (χ2v) is 16.3. The van der Waals surface area contributed by atoms with Gasteiger partial charge in [-0.1, -0.05) is 29.7 Å². The highest BCUT2D eigenvalue weighted by Crippen LogP contribution is 2.66. The van der Waals surface area contributed by atoms with E-state index in [4.69, 9.17) is 32.7 Å². The topological polar surface area (TPSA) is 73.8 Å². The van der Waals surface area contributed by atoms with Gasteiger partial charge >= 0.3 is 6.01 Å². The zero-order valence-electron chi connectivity index (χ0n) is 28.2. The van der Waals surface area contributed by atoms with Crippen LogP contribution in [0.5, 0.6) is 6.01 Å². The number of aryl methyl sites for hydroxylation is 1. The number of piperazine rings is 1. The molecule has 2 aromatic carbocycles. The van der Waals surface area contributed by atoms with Crippen LogP contribution in [0.25, 0.3) is 17.0 Å². The maximum Gasteiger partial charge on any atom is 0.319 e. The van der Waals surface area contributed by atoms with E-state index in [9.17, 15) is 13.9 Å². The van der Waals surface area contributed by atoms with Crippen molar-refractivity contribution < 1.29 is 23.0 Å². The summed E-state index contributed by atoms with van der Waals surface area (Å²) in [5.74, 6) is -0.187. The number of fused-ring (bicyclic) bond motifs is 4. The molecule has 3 aliphatic heterocycles. The summed E-state index contributed by atoms with van der Waals surface area (Å²) in [5.41, 5.74) is 2.53. The van der Waals surface area contributed by atoms with Crippen molar-refractivity contribution in [2.24, 2.45) is 10.8 Å². The molecule has 2 N–H and O–H groups in total. The van der Waals surface area contributed by atoms with E-state index in [0.29, 0.717) is 61.4 Å². The summed E-state index contributed by atoms with van der Waals surface area (Å²) in [6, 6.07) is 6.29. The number of terminal acetylenes is 1. The summed E-state index contributed by atoms with van der Waals surface area (Å²) in [6.07, 6.45) is 13.0. The number of rotatable bonds is 7. The van der Waals surface area contributed by atoms with Gasteiger partial charge in [-0.05, 0) is 87.4 Å². The Hall–Kier alpha value is -3.52. The Morgan fingerprint density at radius 3 is 2.48 bits per heavy atom. The Morgan fingerprint density at radius 2 is 1.82 bits per heavy atom. The van der Waals surface area contributed by atoms with Crippen molar-refractivity contribution >= 4 is 34.4 Å². The van der Waals surface area contributed by atoms with Gasteiger partial charge in [-0.3, -0.25) is 0 Å². The fourth-order valence-corrected chi connectivity index (χ4v) is 9.61. The van der Waals surface area contributed by atoms with E-state index in [0.717, 1.165) is 62.0 Å². The van der Waals surface area contributed by atoms with Crippen LogP contribution in [0.15, 0.2) is 24.0 Å². The molecule has 6 aliphatic rings. The third-order valence-corrected chi connectivity index (χ3v) is 12.8. The molecule has 11 heteroatoms. The summed E-state index contributed by atoms with van der Waals surface area (Å²) in [7, 11) is 0. The molecule has 9 rings (SSSR count). The van der Waals surface area contributed by atoms with E-state index in [-0.39, 0.29) is 46.1 Å². The minimum absolute atomic E-state index is 0.0254. The number of hydrogen-bond donors (Lipinski definition) is 2. The molecule has 3 atom stereocenters. The first kappa shape index (κ1) is 32.4. The molecule has 0 radical (unpaired) electrons. The van der Waals surface area contributed by atoms with E-state index in [2.05, 4.69) is 21.0 Å². The van der Waals surface area contributed by atoms with E-state index in [1.54, 1.807) is 12.1 Å². The quantitative estimate of drug-likeness (QED) is 0.249. The molecule has 262 valence electrons. The van der Waals surface area contributed by atoms with E-state index in [1.165, 1.54) is 0 Å². The van der Waals surface area contributed by atoms with Crippen molar-refractivity contribution in [2.75, 3.05) is 44.2 Å². The van der Waals surface area contributed by atoms with Crippen LogP contribution in [0.4, 0.5) is 19.0 Å². The predicted molar refractivity (Wildman–Crippen MR) is 188 cm³/mol. The highest BCUT2D eigenvalue weighted by atomic mass is 35.5. The molecule has 1 aromatic heterocycles. The highest BCUT2D eigenvalue weighted by molar-refractivity contribution is 6.32. The maximum absolute atomic E-state index is 17.2. The molecule has 7 nitrogen and oxygen atoms in total. The van der Waals surface area contributed by atoms with Gasteiger partial charge in [0.2, 0.25) is 0 Å². The normalized spacial score (nSPS) is 27.2. The van der Waals surface area contributed by atoms with Gasteiger partial charge in [-0.15, -0.1) is 6.42 Å². The summed E-state index contributed by atoms with van der Waals surface area (Å²) >= 11 is 7.01. The van der Waals surface area contributed by atoms with Crippen LogP contribution in [-0.4, -0.2) is 77.3 Å². The number of nitrogens with zero attached hydrogens (tertiary/aromatic N) is 4.